The second-order valence-corrected chi connectivity index (χ2v) is 6.70. The lowest BCUT2D eigenvalue weighted by Crippen LogP contribution is -2.18. The van der Waals surface area contributed by atoms with Crippen molar-refractivity contribution in [1.29, 1.82) is 0 Å². The second-order valence-electron chi connectivity index (χ2n) is 4.97. The number of halogens is 3. The minimum absolute atomic E-state index is 0.0756. The summed E-state index contributed by atoms with van der Waals surface area (Å²) in [6, 6.07) is 11.5. The molecule has 0 aliphatic carbocycles. The van der Waals surface area contributed by atoms with E-state index >= 15 is 0 Å². The Morgan fingerprint density at radius 1 is 1.14 bits per heavy atom. The second kappa shape index (κ2) is 7.50. The Kier molecular flexibility index (Phi) is 5.94. The van der Waals surface area contributed by atoms with Gasteiger partial charge in [0, 0.05) is 10.5 Å². The molecule has 1 unspecified atom stereocenters. The molecule has 5 heteroatoms. The average Bonchev–Trinajstić information content (AvgIpc) is 2.41. The van der Waals surface area contributed by atoms with Crippen molar-refractivity contribution in [2.75, 3.05) is 0 Å². The summed E-state index contributed by atoms with van der Waals surface area (Å²) >= 11 is 15.4. The molecule has 0 saturated carbocycles. The normalized spacial score (nSPS) is 12.2. The molecule has 0 aliphatic heterocycles. The fourth-order valence-corrected chi connectivity index (χ4v) is 2.71. The van der Waals surface area contributed by atoms with Crippen LogP contribution in [-0.2, 0) is 13.0 Å². The van der Waals surface area contributed by atoms with Crippen molar-refractivity contribution < 1.29 is 4.74 Å². The molecule has 21 heavy (non-hydrogen) atoms. The van der Waals surface area contributed by atoms with Gasteiger partial charge in [-0.05, 0) is 54.8 Å². The van der Waals surface area contributed by atoms with Gasteiger partial charge in [-0.25, -0.2) is 0 Å². The SMILES string of the molecule is CC(N)Cc1cc(Br)ccc1OCc1ccc(Cl)c(Cl)c1. The molecule has 0 radical (unpaired) electrons. The molecule has 0 fully saturated rings. The van der Waals surface area contributed by atoms with Crippen molar-refractivity contribution in [1.82, 2.24) is 0 Å². The first-order valence-electron chi connectivity index (χ1n) is 6.56. The number of hydrogen-bond donors (Lipinski definition) is 1. The first-order chi connectivity index (χ1) is 9.95. The van der Waals surface area contributed by atoms with Crippen molar-refractivity contribution in [2.45, 2.75) is 26.0 Å². The molecule has 2 aromatic carbocycles. The van der Waals surface area contributed by atoms with E-state index in [1.54, 1.807) is 6.07 Å². The van der Waals surface area contributed by atoms with Crippen molar-refractivity contribution in [2.24, 2.45) is 5.73 Å². The fourth-order valence-electron chi connectivity index (χ4n) is 1.99. The van der Waals surface area contributed by atoms with Crippen LogP contribution in [0.4, 0.5) is 0 Å². The highest BCUT2D eigenvalue weighted by Crippen LogP contribution is 2.27. The van der Waals surface area contributed by atoms with Gasteiger partial charge in [0.05, 0.1) is 10.0 Å². The van der Waals surface area contributed by atoms with E-state index in [2.05, 4.69) is 15.9 Å². The zero-order valence-electron chi connectivity index (χ0n) is 11.6. The quantitative estimate of drug-likeness (QED) is 0.761. The summed E-state index contributed by atoms with van der Waals surface area (Å²) in [5.41, 5.74) is 7.94. The highest BCUT2D eigenvalue weighted by atomic mass is 79.9. The van der Waals surface area contributed by atoms with Gasteiger partial charge in [-0.1, -0.05) is 45.2 Å². The maximum atomic E-state index is 6.01. The standard InChI is InChI=1S/C16H16BrCl2NO/c1-10(20)6-12-8-13(17)3-5-16(12)21-9-11-2-4-14(18)15(19)7-11/h2-5,7-8,10H,6,9,20H2,1H3. The third-order valence-corrected chi connectivity index (χ3v) is 4.18. The van der Waals surface area contributed by atoms with Gasteiger partial charge in [0.15, 0.2) is 0 Å². The van der Waals surface area contributed by atoms with Gasteiger partial charge in [-0.2, -0.15) is 0 Å². The van der Waals surface area contributed by atoms with Crippen molar-refractivity contribution in [3.8, 4) is 5.75 Å². The summed E-state index contributed by atoms with van der Waals surface area (Å²) in [6.07, 6.45) is 0.760. The van der Waals surface area contributed by atoms with Gasteiger partial charge in [-0.3, -0.25) is 0 Å². The Morgan fingerprint density at radius 2 is 1.90 bits per heavy atom. The Hall–Kier alpha value is -0.740. The summed E-state index contributed by atoms with van der Waals surface area (Å²) in [5.74, 6) is 0.835. The Labute approximate surface area is 143 Å². The molecule has 0 saturated heterocycles. The number of benzene rings is 2. The first-order valence-corrected chi connectivity index (χ1v) is 8.11. The Bertz CT molecular complexity index is 632. The monoisotopic (exact) mass is 387 g/mol. The van der Waals surface area contributed by atoms with Crippen LogP contribution in [0.5, 0.6) is 5.75 Å². The minimum atomic E-state index is 0.0756. The minimum Gasteiger partial charge on any atom is -0.489 e. The zero-order valence-corrected chi connectivity index (χ0v) is 14.7. The van der Waals surface area contributed by atoms with E-state index in [0.717, 1.165) is 27.8 Å². The molecule has 0 aromatic heterocycles. The van der Waals surface area contributed by atoms with Gasteiger partial charge in [0.1, 0.15) is 12.4 Å². The van der Waals surface area contributed by atoms with Crippen LogP contribution in [0, 0.1) is 0 Å². The summed E-state index contributed by atoms with van der Waals surface area (Å²) in [7, 11) is 0. The molecule has 2 N–H and O–H groups in total. The Morgan fingerprint density at radius 3 is 2.57 bits per heavy atom. The molecular weight excluding hydrogens is 373 g/mol. The molecule has 0 aliphatic rings. The van der Waals surface area contributed by atoms with Gasteiger partial charge in [0.2, 0.25) is 0 Å². The number of nitrogens with two attached hydrogens (primary N) is 1. The van der Waals surface area contributed by atoms with Crippen molar-refractivity contribution in [3.05, 3.63) is 62.0 Å². The molecule has 0 bridgehead atoms. The third-order valence-electron chi connectivity index (χ3n) is 2.94. The van der Waals surface area contributed by atoms with E-state index in [-0.39, 0.29) is 6.04 Å². The highest BCUT2D eigenvalue weighted by Gasteiger charge is 2.08. The summed E-state index contributed by atoms with van der Waals surface area (Å²) in [5, 5.41) is 1.08. The molecule has 2 nitrogen and oxygen atoms in total. The van der Waals surface area contributed by atoms with Crippen LogP contribution in [-0.4, -0.2) is 6.04 Å². The maximum absolute atomic E-state index is 6.01. The van der Waals surface area contributed by atoms with Gasteiger partial charge < -0.3 is 10.5 Å². The van der Waals surface area contributed by atoms with E-state index in [4.69, 9.17) is 33.7 Å². The van der Waals surface area contributed by atoms with Crippen LogP contribution >= 0.6 is 39.1 Å². The predicted molar refractivity (Wildman–Crippen MR) is 92.3 cm³/mol. The van der Waals surface area contributed by atoms with E-state index in [9.17, 15) is 0 Å². The predicted octanol–water partition coefficient (Wildman–Crippen LogP) is 5.22. The highest BCUT2D eigenvalue weighted by molar-refractivity contribution is 9.10. The van der Waals surface area contributed by atoms with Crippen LogP contribution in [0.3, 0.4) is 0 Å². The van der Waals surface area contributed by atoms with E-state index in [1.807, 2.05) is 37.3 Å². The molecule has 0 heterocycles. The molecule has 0 amide bonds. The van der Waals surface area contributed by atoms with Crippen LogP contribution < -0.4 is 10.5 Å². The fraction of sp³-hybridized carbons (Fsp3) is 0.250. The largest absolute Gasteiger partial charge is 0.489 e. The number of ether oxygens (including phenoxy) is 1. The van der Waals surface area contributed by atoms with Gasteiger partial charge in [0.25, 0.3) is 0 Å². The van der Waals surface area contributed by atoms with E-state index in [1.165, 1.54) is 0 Å². The summed E-state index contributed by atoms with van der Waals surface area (Å²) in [6.45, 7) is 2.41. The topological polar surface area (TPSA) is 35.2 Å². The van der Waals surface area contributed by atoms with Gasteiger partial charge >= 0.3 is 0 Å². The summed E-state index contributed by atoms with van der Waals surface area (Å²) < 4.78 is 6.91. The Balaban J connectivity index is 2.13. The zero-order chi connectivity index (χ0) is 15.4. The maximum Gasteiger partial charge on any atom is 0.123 e. The van der Waals surface area contributed by atoms with Crippen LogP contribution in [0.25, 0.3) is 0 Å². The lowest BCUT2D eigenvalue weighted by atomic mass is 10.1. The van der Waals surface area contributed by atoms with Crippen molar-refractivity contribution >= 4 is 39.1 Å². The van der Waals surface area contributed by atoms with Crippen molar-refractivity contribution in [3.63, 3.8) is 0 Å². The van der Waals surface area contributed by atoms with Crippen LogP contribution in [0.1, 0.15) is 18.1 Å². The average molecular weight is 389 g/mol. The summed E-state index contributed by atoms with van der Waals surface area (Å²) in [4.78, 5) is 0. The molecular formula is C16H16BrCl2NO. The molecule has 0 spiro atoms. The molecule has 1 atom stereocenters. The lowest BCUT2D eigenvalue weighted by Gasteiger charge is -2.14. The molecule has 2 aromatic rings. The number of rotatable bonds is 5. The van der Waals surface area contributed by atoms with Crippen LogP contribution in [0.2, 0.25) is 10.0 Å². The third kappa shape index (κ3) is 4.89. The smallest absolute Gasteiger partial charge is 0.123 e. The lowest BCUT2D eigenvalue weighted by molar-refractivity contribution is 0.302. The molecule has 2 rings (SSSR count). The van der Waals surface area contributed by atoms with Crippen LogP contribution in [0.15, 0.2) is 40.9 Å². The number of hydrogen-bond acceptors (Lipinski definition) is 2. The van der Waals surface area contributed by atoms with E-state index in [0.29, 0.717) is 16.7 Å². The van der Waals surface area contributed by atoms with E-state index < -0.39 is 0 Å². The first kappa shape index (κ1) is 16.6. The van der Waals surface area contributed by atoms with Gasteiger partial charge in [-0.15, -0.1) is 0 Å². The molecule has 112 valence electrons.